The quantitative estimate of drug-likeness (QED) is 0.839. The molecular formula is C21H29N3O. The van der Waals surface area contributed by atoms with Crippen molar-refractivity contribution >= 4 is 0 Å². The summed E-state index contributed by atoms with van der Waals surface area (Å²) in [5.74, 6) is 0.976. The van der Waals surface area contributed by atoms with Gasteiger partial charge in [0.05, 0.1) is 11.7 Å². The van der Waals surface area contributed by atoms with Gasteiger partial charge in [0.1, 0.15) is 12.4 Å². The molecule has 0 saturated heterocycles. The van der Waals surface area contributed by atoms with Crippen LogP contribution in [0.25, 0.3) is 0 Å². The number of pyridine rings is 1. The van der Waals surface area contributed by atoms with E-state index in [1.54, 1.807) is 0 Å². The molecule has 4 heteroatoms. The summed E-state index contributed by atoms with van der Waals surface area (Å²) in [6.07, 6.45) is 1.03. The van der Waals surface area contributed by atoms with Crippen LogP contribution in [0.4, 0.5) is 0 Å². The van der Waals surface area contributed by atoms with Gasteiger partial charge >= 0.3 is 0 Å². The second-order valence-corrected chi connectivity index (χ2v) is 6.58. The zero-order chi connectivity index (χ0) is 17.6. The van der Waals surface area contributed by atoms with E-state index in [0.29, 0.717) is 0 Å². The van der Waals surface area contributed by atoms with Gasteiger partial charge in [-0.2, -0.15) is 0 Å². The highest BCUT2D eigenvalue weighted by Crippen LogP contribution is 2.30. The number of rotatable bonds is 7. The molecule has 0 saturated carbocycles. The highest BCUT2D eigenvalue weighted by atomic mass is 16.5. The lowest BCUT2D eigenvalue weighted by Gasteiger charge is -2.27. The highest BCUT2D eigenvalue weighted by Gasteiger charge is 2.22. The van der Waals surface area contributed by atoms with E-state index in [0.717, 1.165) is 56.3 Å². The van der Waals surface area contributed by atoms with Gasteiger partial charge in [-0.3, -0.25) is 4.98 Å². The maximum absolute atomic E-state index is 5.99. The van der Waals surface area contributed by atoms with Crippen LogP contribution < -0.4 is 10.1 Å². The largest absolute Gasteiger partial charge is 0.492 e. The van der Waals surface area contributed by atoms with Crippen molar-refractivity contribution in [2.24, 2.45) is 0 Å². The number of aryl methyl sites for hydroxylation is 1. The predicted molar refractivity (Wildman–Crippen MR) is 102 cm³/mol. The van der Waals surface area contributed by atoms with Crippen LogP contribution in [-0.2, 0) is 6.42 Å². The topological polar surface area (TPSA) is 37.4 Å². The molecule has 2 aromatic rings. The number of nitrogens with zero attached hydrogens (tertiary/aromatic N) is 2. The maximum Gasteiger partial charge on any atom is 0.119 e. The Labute approximate surface area is 151 Å². The molecule has 1 aromatic heterocycles. The van der Waals surface area contributed by atoms with Gasteiger partial charge in [-0.25, -0.2) is 0 Å². The van der Waals surface area contributed by atoms with Crippen LogP contribution in [0.2, 0.25) is 0 Å². The first-order valence-electron chi connectivity index (χ1n) is 9.36. The second-order valence-electron chi connectivity index (χ2n) is 6.58. The fraction of sp³-hybridized carbons (Fsp3) is 0.476. The summed E-state index contributed by atoms with van der Waals surface area (Å²) in [4.78, 5) is 7.08. The van der Waals surface area contributed by atoms with E-state index < -0.39 is 0 Å². The molecule has 0 aliphatic carbocycles. The number of aromatic nitrogens is 1. The molecule has 0 fully saturated rings. The van der Waals surface area contributed by atoms with Crippen LogP contribution in [0.5, 0.6) is 5.75 Å². The van der Waals surface area contributed by atoms with Gasteiger partial charge < -0.3 is 15.0 Å². The van der Waals surface area contributed by atoms with Crippen LogP contribution in [0, 0.1) is 6.92 Å². The maximum atomic E-state index is 5.99. The Morgan fingerprint density at radius 1 is 1.20 bits per heavy atom. The van der Waals surface area contributed by atoms with Gasteiger partial charge in [0.25, 0.3) is 0 Å². The Morgan fingerprint density at radius 3 is 2.80 bits per heavy atom. The third-order valence-electron chi connectivity index (χ3n) is 4.94. The van der Waals surface area contributed by atoms with Crippen LogP contribution in [-0.4, -0.2) is 42.7 Å². The molecule has 1 aromatic carbocycles. The summed E-state index contributed by atoms with van der Waals surface area (Å²) in [7, 11) is 0. The summed E-state index contributed by atoms with van der Waals surface area (Å²) >= 11 is 0. The average molecular weight is 339 g/mol. The van der Waals surface area contributed by atoms with Crippen molar-refractivity contribution < 1.29 is 4.74 Å². The number of likely N-dealkylation sites (N-methyl/N-ethyl adjacent to an activating group) is 1. The number of hydrogen-bond acceptors (Lipinski definition) is 4. The highest BCUT2D eigenvalue weighted by molar-refractivity contribution is 5.42. The Bertz CT molecular complexity index is 697. The van der Waals surface area contributed by atoms with Crippen molar-refractivity contribution in [2.75, 3.05) is 32.8 Å². The standard InChI is InChI=1S/C21H29N3O/c1-4-24(5-2)13-14-25-18-9-10-19-17(15-18)11-12-22-21(19)20-8-6-7-16(3)23-20/h6-10,15,21-22H,4-5,11-14H2,1-3H3. The van der Waals surface area contributed by atoms with Crippen molar-refractivity contribution in [1.29, 1.82) is 0 Å². The minimum atomic E-state index is 0.174. The molecule has 3 rings (SSSR count). The molecule has 1 unspecified atom stereocenters. The van der Waals surface area contributed by atoms with Crippen LogP contribution in [0.1, 0.15) is 42.4 Å². The molecule has 0 spiro atoms. The number of nitrogens with one attached hydrogen (secondary N) is 1. The molecule has 0 bridgehead atoms. The summed E-state index contributed by atoms with van der Waals surface area (Å²) in [6, 6.07) is 12.9. The first-order chi connectivity index (χ1) is 12.2. The number of ether oxygens (including phenoxy) is 1. The van der Waals surface area contributed by atoms with Crippen molar-refractivity contribution in [3.63, 3.8) is 0 Å². The van der Waals surface area contributed by atoms with E-state index in [1.807, 2.05) is 13.0 Å². The fourth-order valence-electron chi connectivity index (χ4n) is 3.45. The molecule has 1 aliphatic heterocycles. The summed E-state index contributed by atoms with van der Waals surface area (Å²) < 4.78 is 5.99. The van der Waals surface area contributed by atoms with E-state index in [4.69, 9.17) is 9.72 Å². The van der Waals surface area contributed by atoms with E-state index >= 15 is 0 Å². The van der Waals surface area contributed by atoms with Crippen LogP contribution in [0.3, 0.4) is 0 Å². The van der Waals surface area contributed by atoms with Crippen molar-refractivity contribution in [2.45, 2.75) is 33.2 Å². The van der Waals surface area contributed by atoms with Crippen LogP contribution in [0.15, 0.2) is 36.4 Å². The lowest BCUT2D eigenvalue weighted by Crippen LogP contribution is -2.31. The lowest BCUT2D eigenvalue weighted by molar-refractivity contribution is 0.222. The van der Waals surface area contributed by atoms with E-state index in [9.17, 15) is 0 Å². The smallest absolute Gasteiger partial charge is 0.119 e. The zero-order valence-corrected chi connectivity index (χ0v) is 15.6. The minimum absolute atomic E-state index is 0.174. The first kappa shape index (κ1) is 17.9. The molecule has 4 nitrogen and oxygen atoms in total. The molecular weight excluding hydrogens is 310 g/mol. The molecule has 134 valence electrons. The molecule has 0 radical (unpaired) electrons. The number of benzene rings is 1. The molecule has 0 amide bonds. The predicted octanol–water partition coefficient (Wildman–Crippen LogP) is 3.35. The van der Waals surface area contributed by atoms with Gasteiger partial charge in [-0.15, -0.1) is 0 Å². The van der Waals surface area contributed by atoms with Crippen molar-refractivity contribution in [3.05, 3.63) is 58.9 Å². The fourth-order valence-corrected chi connectivity index (χ4v) is 3.45. The van der Waals surface area contributed by atoms with Gasteiger partial charge in [0.15, 0.2) is 0 Å². The van der Waals surface area contributed by atoms with Gasteiger partial charge in [-0.1, -0.05) is 26.0 Å². The second kappa shape index (κ2) is 8.45. The number of fused-ring (bicyclic) bond motifs is 1. The summed E-state index contributed by atoms with van der Waals surface area (Å²) in [5.41, 5.74) is 4.84. The Kier molecular flexibility index (Phi) is 6.05. The Balaban J connectivity index is 1.72. The minimum Gasteiger partial charge on any atom is -0.492 e. The normalized spacial score (nSPS) is 16.7. The van der Waals surface area contributed by atoms with Gasteiger partial charge in [-0.05, 0) is 61.8 Å². The van der Waals surface area contributed by atoms with E-state index in [2.05, 4.69) is 54.4 Å². The Morgan fingerprint density at radius 2 is 2.04 bits per heavy atom. The number of hydrogen-bond donors (Lipinski definition) is 1. The van der Waals surface area contributed by atoms with Crippen molar-refractivity contribution in [1.82, 2.24) is 15.2 Å². The Hall–Kier alpha value is -1.91. The van der Waals surface area contributed by atoms with Gasteiger partial charge in [0.2, 0.25) is 0 Å². The monoisotopic (exact) mass is 339 g/mol. The van der Waals surface area contributed by atoms with Gasteiger partial charge in [0, 0.05) is 18.8 Å². The van der Waals surface area contributed by atoms with Crippen molar-refractivity contribution in [3.8, 4) is 5.75 Å². The van der Waals surface area contributed by atoms with E-state index in [-0.39, 0.29) is 6.04 Å². The third-order valence-corrected chi connectivity index (χ3v) is 4.94. The third kappa shape index (κ3) is 4.39. The average Bonchev–Trinajstić information content (AvgIpc) is 2.64. The summed E-state index contributed by atoms with van der Waals surface area (Å²) in [5, 5.41) is 3.60. The lowest BCUT2D eigenvalue weighted by atomic mass is 9.92. The summed E-state index contributed by atoms with van der Waals surface area (Å²) in [6.45, 7) is 11.2. The molecule has 1 atom stereocenters. The zero-order valence-electron chi connectivity index (χ0n) is 15.6. The first-order valence-corrected chi connectivity index (χ1v) is 9.36. The van der Waals surface area contributed by atoms with Crippen LogP contribution >= 0.6 is 0 Å². The SMILES string of the molecule is CCN(CC)CCOc1ccc2c(c1)CCNC2c1cccc(C)n1. The molecule has 2 heterocycles. The molecule has 1 aliphatic rings. The molecule has 1 N–H and O–H groups in total. The van der Waals surface area contributed by atoms with E-state index in [1.165, 1.54) is 11.1 Å². The molecule has 25 heavy (non-hydrogen) atoms.